The van der Waals surface area contributed by atoms with Crippen LogP contribution in [-0.4, -0.2) is 23.9 Å². The predicted molar refractivity (Wildman–Crippen MR) is 29.0 cm³/mol. The first-order chi connectivity index (χ1) is 3.81. The van der Waals surface area contributed by atoms with Crippen LogP contribution >= 0.6 is 0 Å². The molecule has 0 spiro atoms. The molecule has 2 N–H and O–H groups in total. The number of carbonyl (C=O) groups is 1. The Hall–Kier alpha value is -1.06. The van der Waals surface area contributed by atoms with Gasteiger partial charge in [0, 0.05) is 6.54 Å². The molecule has 4 nitrogen and oxygen atoms in total. The SMILES string of the molecule is CCNC(=O)/C=N\O. The van der Waals surface area contributed by atoms with Gasteiger partial charge in [0.05, 0.1) is 0 Å². The van der Waals surface area contributed by atoms with E-state index in [4.69, 9.17) is 5.21 Å². The topological polar surface area (TPSA) is 61.7 Å². The monoisotopic (exact) mass is 116 g/mol. The molecule has 0 radical (unpaired) electrons. The molecule has 4 heteroatoms. The van der Waals surface area contributed by atoms with Crippen LogP contribution in [0.25, 0.3) is 0 Å². The van der Waals surface area contributed by atoms with Crippen molar-refractivity contribution in [3.05, 3.63) is 0 Å². The second kappa shape index (κ2) is 4.11. The van der Waals surface area contributed by atoms with Gasteiger partial charge in [0.1, 0.15) is 6.21 Å². The first-order valence-electron chi connectivity index (χ1n) is 2.26. The lowest BCUT2D eigenvalue weighted by Crippen LogP contribution is -2.23. The fraction of sp³-hybridized carbons (Fsp3) is 0.500. The highest BCUT2D eigenvalue weighted by Crippen LogP contribution is 1.57. The normalized spacial score (nSPS) is 9.62. The first-order valence-corrected chi connectivity index (χ1v) is 2.26. The molecule has 0 aromatic heterocycles. The molecule has 46 valence electrons. The van der Waals surface area contributed by atoms with Crippen molar-refractivity contribution in [2.75, 3.05) is 6.54 Å². The summed E-state index contributed by atoms with van der Waals surface area (Å²) in [6.45, 7) is 2.33. The van der Waals surface area contributed by atoms with Gasteiger partial charge in [-0.15, -0.1) is 0 Å². The molecule has 0 fully saturated rings. The Labute approximate surface area is 47.2 Å². The number of amides is 1. The molecule has 0 heterocycles. The van der Waals surface area contributed by atoms with E-state index >= 15 is 0 Å². The van der Waals surface area contributed by atoms with E-state index in [2.05, 4.69) is 10.5 Å². The summed E-state index contributed by atoms with van der Waals surface area (Å²) < 4.78 is 0. The summed E-state index contributed by atoms with van der Waals surface area (Å²) >= 11 is 0. The van der Waals surface area contributed by atoms with Gasteiger partial charge >= 0.3 is 0 Å². The van der Waals surface area contributed by atoms with Crippen molar-refractivity contribution in [1.29, 1.82) is 0 Å². The lowest BCUT2D eigenvalue weighted by Gasteiger charge is -1.90. The fourth-order valence-corrected chi connectivity index (χ4v) is 0.272. The van der Waals surface area contributed by atoms with E-state index in [9.17, 15) is 4.79 Å². The minimum absolute atomic E-state index is 0.380. The van der Waals surface area contributed by atoms with Crippen LogP contribution in [0.3, 0.4) is 0 Å². The minimum atomic E-state index is -0.380. The van der Waals surface area contributed by atoms with Crippen molar-refractivity contribution in [3.8, 4) is 0 Å². The molecule has 0 bridgehead atoms. The summed E-state index contributed by atoms with van der Waals surface area (Å²) in [6, 6.07) is 0. The van der Waals surface area contributed by atoms with E-state index in [1.165, 1.54) is 0 Å². The molecular formula is C4H8N2O2. The van der Waals surface area contributed by atoms with E-state index in [-0.39, 0.29) is 5.91 Å². The van der Waals surface area contributed by atoms with Crippen LogP contribution in [0.4, 0.5) is 0 Å². The molecule has 0 saturated heterocycles. The summed E-state index contributed by atoms with van der Waals surface area (Å²) in [4.78, 5) is 10.2. The first kappa shape index (κ1) is 6.94. The number of carbonyl (C=O) groups excluding carboxylic acids is 1. The summed E-state index contributed by atoms with van der Waals surface area (Å²) in [6.07, 6.45) is 0.809. The number of nitrogens with one attached hydrogen (secondary N) is 1. The molecular weight excluding hydrogens is 108 g/mol. The van der Waals surface area contributed by atoms with Crippen LogP contribution in [0, 0.1) is 0 Å². The van der Waals surface area contributed by atoms with Gasteiger partial charge in [-0.3, -0.25) is 4.79 Å². The second-order valence-corrected chi connectivity index (χ2v) is 1.14. The van der Waals surface area contributed by atoms with Gasteiger partial charge < -0.3 is 10.5 Å². The summed E-state index contributed by atoms with van der Waals surface area (Å²) in [7, 11) is 0. The number of oxime groups is 1. The average molecular weight is 116 g/mol. The van der Waals surface area contributed by atoms with Crippen LogP contribution in [0.5, 0.6) is 0 Å². The Kier molecular flexibility index (Phi) is 3.56. The number of hydrogen-bond acceptors (Lipinski definition) is 3. The van der Waals surface area contributed by atoms with E-state index in [0.717, 1.165) is 6.21 Å². The number of rotatable bonds is 2. The van der Waals surface area contributed by atoms with Gasteiger partial charge in [0.15, 0.2) is 0 Å². The Morgan fingerprint density at radius 3 is 3.00 bits per heavy atom. The van der Waals surface area contributed by atoms with Gasteiger partial charge in [0.2, 0.25) is 0 Å². The highest BCUT2D eigenvalue weighted by Gasteiger charge is 1.88. The van der Waals surface area contributed by atoms with Gasteiger partial charge in [0.25, 0.3) is 5.91 Å². The standard InChI is InChI=1S/C4H8N2O2/c1-2-5-4(7)3-6-8/h3,8H,2H2,1H3,(H,5,7)/b6-3-. The quantitative estimate of drug-likeness (QED) is 0.292. The summed E-state index contributed by atoms with van der Waals surface area (Å²) in [5.41, 5.74) is 0. The number of hydrogen-bond donors (Lipinski definition) is 2. The van der Waals surface area contributed by atoms with Crippen molar-refractivity contribution < 1.29 is 10.0 Å². The zero-order valence-corrected chi connectivity index (χ0v) is 4.59. The van der Waals surface area contributed by atoms with Crippen LogP contribution in [0.1, 0.15) is 6.92 Å². The Morgan fingerprint density at radius 2 is 2.62 bits per heavy atom. The van der Waals surface area contributed by atoms with E-state index in [1.54, 1.807) is 6.92 Å². The van der Waals surface area contributed by atoms with Crippen LogP contribution in [0.15, 0.2) is 5.16 Å². The Bertz CT molecular complexity index is 100. The third-order valence-electron chi connectivity index (χ3n) is 0.526. The number of nitrogens with zero attached hydrogens (tertiary/aromatic N) is 1. The molecule has 0 rings (SSSR count). The van der Waals surface area contributed by atoms with E-state index in [0.29, 0.717) is 6.54 Å². The smallest absolute Gasteiger partial charge is 0.265 e. The highest BCUT2D eigenvalue weighted by atomic mass is 16.4. The van der Waals surface area contributed by atoms with Crippen molar-refractivity contribution in [2.24, 2.45) is 5.16 Å². The van der Waals surface area contributed by atoms with Crippen LogP contribution in [-0.2, 0) is 4.79 Å². The molecule has 0 saturated carbocycles. The van der Waals surface area contributed by atoms with Gasteiger partial charge in [-0.2, -0.15) is 0 Å². The molecule has 1 amide bonds. The molecule has 0 aliphatic rings. The maximum atomic E-state index is 10.2. The van der Waals surface area contributed by atoms with Gasteiger partial charge in [-0.25, -0.2) is 0 Å². The molecule has 0 atom stereocenters. The van der Waals surface area contributed by atoms with Gasteiger partial charge in [-0.1, -0.05) is 5.16 Å². The van der Waals surface area contributed by atoms with Crippen LogP contribution < -0.4 is 5.32 Å². The lowest BCUT2D eigenvalue weighted by atomic mass is 10.6. The summed E-state index contributed by atoms with van der Waals surface area (Å²) in [5.74, 6) is -0.380. The zero-order chi connectivity index (χ0) is 6.41. The zero-order valence-electron chi connectivity index (χ0n) is 4.59. The lowest BCUT2D eigenvalue weighted by molar-refractivity contribution is -0.114. The molecule has 0 aliphatic heterocycles. The van der Waals surface area contributed by atoms with E-state index < -0.39 is 0 Å². The molecule has 0 unspecified atom stereocenters. The van der Waals surface area contributed by atoms with E-state index in [1.807, 2.05) is 0 Å². The molecule has 0 aliphatic carbocycles. The minimum Gasteiger partial charge on any atom is -0.411 e. The Morgan fingerprint density at radius 1 is 2.00 bits per heavy atom. The highest BCUT2D eigenvalue weighted by molar-refractivity contribution is 6.25. The van der Waals surface area contributed by atoms with Crippen molar-refractivity contribution in [3.63, 3.8) is 0 Å². The third-order valence-corrected chi connectivity index (χ3v) is 0.526. The van der Waals surface area contributed by atoms with Crippen molar-refractivity contribution >= 4 is 12.1 Å². The average Bonchev–Trinajstić information content (AvgIpc) is 1.68. The summed E-state index contributed by atoms with van der Waals surface area (Å²) in [5, 5.41) is 12.7. The maximum absolute atomic E-state index is 10.2. The fourth-order valence-electron chi connectivity index (χ4n) is 0.272. The second-order valence-electron chi connectivity index (χ2n) is 1.14. The predicted octanol–water partition coefficient (Wildman–Crippen LogP) is -0.417. The Balaban J connectivity index is 3.33. The third kappa shape index (κ3) is 3.14. The molecule has 8 heavy (non-hydrogen) atoms. The largest absolute Gasteiger partial charge is 0.411 e. The molecule has 0 aromatic rings. The van der Waals surface area contributed by atoms with Gasteiger partial charge in [-0.05, 0) is 6.92 Å². The molecule has 0 aromatic carbocycles. The maximum Gasteiger partial charge on any atom is 0.265 e. The van der Waals surface area contributed by atoms with Crippen LogP contribution in [0.2, 0.25) is 0 Å². The van der Waals surface area contributed by atoms with Crippen molar-refractivity contribution in [2.45, 2.75) is 6.92 Å². The van der Waals surface area contributed by atoms with Crippen molar-refractivity contribution in [1.82, 2.24) is 5.32 Å².